The van der Waals surface area contributed by atoms with Gasteiger partial charge in [0.2, 0.25) is 0 Å². The van der Waals surface area contributed by atoms with Gasteiger partial charge in [0.05, 0.1) is 4.90 Å². The summed E-state index contributed by atoms with van der Waals surface area (Å²) in [6.45, 7) is 0. The van der Waals surface area contributed by atoms with E-state index in [1.807, 2.05) is 0 Å². The zero-order chi connectivity index (χ0) is 23.1. The van der Waals surface area contributed by atoms with Crippen LogP contribution in [0.1, 0.15) is 15.9 Å². The zero-order valence-corrected chi connectivity index (χ0v) is 19.6. The van der Waals surface area contributed by atoms with E-state index in [1.54, 1.807) is 42.5 Å². The van der Waals surface area contributed by atoms with Crippen molar-refractivity contribution in [2.75, 3.05) is 0 Å². The molecule has 0 fully saturated rings. The molecule has 12 heteroatoms. The first-order valence-electron chi connectivity index (χ1n) is 8.35. The molecule has 0 atom stereocenters. The lowest BCUT2D eigenvalue weighted by atomic mass is 9.97. The molecule has 31 heavy (non-hydrogen) atoms. The van der Waals surface area contributed by atoms with Gasteiger partial charge in [-0.15, -0.1) is 50.5 Å². The van der Waals surface area contributed by atoms with E-state index in [1.165, 1.54) is 0 Å². The van der Waals surface area contributed by atoms with Gasteiger partial charge in [0.1, 0.15) is 0 Å². The molecule has 3 rings (SSSR count). The Morgan fingerprint density at radius 3 is 2.10 bits per heavy atom. The fourth-order valence-corrected chi connectivity index (χ4v) is 4.64. The standard InChI is InChI=1S/C19H13F3O4S5/c20-19(21,22)31(24,25)26-14-12(15(27)17(29)18(30)16(14)28)8-13(23)11-7-3-5-9-4-1-2-6-10(9)11/h1-7,27-30H,8H2. The van der Waals surface area contributed by atoms with E-state index in [-0.39, 0.29) is 25.1 Å². The Bertz CT molecular complexity index is 1300. The Morgan fingerprint density at radius 1 is 0.871 bits per heavy atom. The third-order valence-electron chi connectivity index (χ3n) is 4.35. The fourth-order valence-electron chi connectivity index (χ4n) is 2.86. The average molecular weight is 523 g/mol. The minimum atomic E-state index is -6.03. The van der Waals surface area contributed by atoms with Gasteiger partial charge in [-0.05, 0) is 10.8 Å². The summed E-state index contributed by atoms with van der Waals surface area (Å²) in [6, 6.07) is 12.1. The second-order valence-electron chi connectivity index (χ2n) is 6.31. The zero-order valence-electron chi connectivity index (χ0n) is 15.2. The predicted octanol–water partition coefficient (Wildman–Crippen LogP) is 5.65. The van der Waals surface area contributed by atoms with E-state index >= 15 is 0 Å². The van der Waals surface area contributed by atoms with Crippen LogP contribution in [0.15, 0.2) is 62.0 Å². The molecular weight excluding hydrogens is 510 g/mol. The predicted molar refractivity (Wildman–Crippen MR) is 123 cm³/mol. The highest BCUT2D eigenvalue weighted by atomic mass is 32.2. The molecule has 3 aromatic carbocycles. The van der Waals surface area contributed by atoms with Crippen molar-refractivity contribution in [3.8, 4) is 5.75 Å². The monoisotopic (exact) mass is 522 g/mol. The van der Waals surface area contributed by atoms with Crippen LogP contribution in [0.25, 0.3) is 10.8 Å². The topological polar surface area (TPSA) is 60.4 Å². The number of benzene rings is 3. The summed E-state index contributed by atoms with van der Waals surface area (Å²) in [5.74, 6) is -1.27. The molecule has 0 aliphatic carbocycles. The summed E-state index contributed by atoms with van der Waals surface area (Å²) in [4.78, 5) is 12.8. The quantitative estimate of drug-likeness (QED) is 0.151. The van der Waals surface area contributed by atoms with E-state index in [2.05, 4.69) is 54.7 Å². The number of rotatable bonds is 5. The van der Waals surface area contributed by atoms with Gasteiger partial charge >= 0.3 is 15.6 Å². The fraction of sp³-hybridized carbons (Fsp3) is 0.105. The van der Waals surface area contributed by atoms with Gasteiger partial charge in [-0.1, -0.05) is 42.5 Å². The second-order valence-corrected chi connectivity index (χ2v) is 9.64. The Morgan fingerprint density at radius 2 is 1.45 bits per heavy atom. The highest BCUT2D eigenvalue weighted by molar-refractivity contribution is 7.88. The van der Waals surface area contributed by atoms with Gasteiger partial charge in [0.25, 0.3) is 0 Å². The largest absolute Gasteiger partial charge is 0.534 e. The molecule has 0 aliphatic heterocycles. The van der Waals surface area contributed by atoms with Crippen LogP contribution in [-0.2, 0) is 16.5 Å². The first-order valence-corrected chi connectivity index (χ1v) is 11.5. The molecule has 4 nitrogen and oxygen atoms in total. The summed E-state index contributed by atoms with van der Waals surface area (Å²) in [7, 11) is -6.03. The molecule has 0 aromatic heterocycles. The van der Waals surface area contributed by atoms with Crippen LogP contribution in [0.5, 0.6) is 5.75 Å². The molecule has 0 radical (unpaired) electrons. The maximum Gasteiger partial charge on any atom is 0.534 e. The van der Waals surface area contributed by atoms with Crippen LogP contribution in [0, 0.1) is 0 Å². The molecule has 164 valence electrons. The maximum absolute atomic E-state index is 13.1. The Balaban J connectivity index is 2.15. The van der Waals surface area contributed by atoms with Crippen molar-refractivity contribution >= 4 is 77.2 Å². The smallest absolute Gasteiger partial charge is 0.374 e. The number of halogens is 3. The molecular formula is C19H13F3O4S5. The van der Waals surface area contributed by atoms with Crippen LogP contribution < -0.4 is 4.18 Å². The second kappa shape index (κ2) is 8.81. The molecule has 0 saturated carbocycles. The molecule has 0 bridgehead atoms. The van der Waals surface area contributed by atoms with Gasteiger partial charge in [-0.2, -0.15) is 21.6 Å². The van der Waals surface area contributed by atoms with Gasteiger partial charge in [0.15, 0.2) is 11.5 Å². The normalized spacial score (nSPS) is 12.2. The first kappa shape index (κ1) is 24.2. The lowest BCUT2D eigenvalue weighted by Crippen LogP contribution is -2.28. The number of ketones is 1. The number of alkyl halides is 3. The van der Waals surface area contributed by atoms with Crippen molar-refractivity contribution in [3.05, 3.63) is 53.6 Å². The molecule has 0 spiro atoms. The minimum absolute atomic E-state index is 0.0490. The lowest BCUT2D eigenvalue weighted by Gasteiger charge is -2.19. The molecule has 0 saturated heterocycles. The number of carbonyl (C=O) groups is 1. The molecule has 0 heterocycles. The van der Waals surface area contributed by atoms with Crippen molar-refractivity contribution in [1.82, 2.24) is 0 Å². The van der Waals surface area contributed by atoms with Crippen molar-refractivity contribution in [1.29, 1.82) is 0 Å². The van der Waals surface area contributed by atoms with E-state index in [9.17, 15) is 26.4 Å². The summed E-state index contributed by atoms with van der Waals surface area (Å²) in [6.07, 6.45) is -0.509. The third kappa shape index (κ3) is 4.68. The Labute approximate surface area is 197 Å². The molecule has 0 amide bonds. The van der Waals surface area contributed by atoms with Gasteiger partial charge in [-0.3, -0.25) is 4.79 Å². The van der Waals surface area contributed by atoms with E-state index < -0.39 is 33.6 Å². The first-order chi connectivity index (χ1) is 14.3. The van der Waals surface area contributed by atoms with Crippen LogP contribution in [0.2, 0.25) is 0 Å². The van der Waals surface area contributed by atoms with Gasteiger partial charge in [0, 0.05) is 32.2 Å². The summed E-state index contributed by atoms with van der Waals surface area (Å²) < 4.78 is 66.3. The van der Waals surface area contributed by atoms with Crippen LogP contribution in [0.4, 0.5) is 13.2 Å². The number of carbonyl (C=O) groups excluding carboxylic acids is 1. The van der Waals surface area contributed by atoms with E-state index in [0.717, 1.165) is 5.39 Å². The Hall–Kier alpha value is -1.47. The van der Waals surface area contributed by atoms with E-state index in [4.69, 9.17) is 0 Å². The SMILES string of the molecule is O=C(Cc1c(S)c(S)c(S)c(S)c1OS(=O)(=O)C(F)(F)F)c1cccc2ccccc12. The Kier molecular flexibility index (Phi) is 6.87. The van der Waals surface area contributed by atoms with Crippen molar-refractivity contribution < 1.29 is 30.6 Å². The lowest BCUT2D eigenvalue weighted by molar-refractivity contribution is -0.0501. The van der Waals surface area contributed by atoms with Crippen LogP contribution in [0.3, 0.4) is 0 Å². The number of hydrogen-bond donors (Lipinski definition) is 4. The van der Waals surface area contributed by atoms with E-state index in [0.29, 0.717) is 10.9 Å². The summed E-state index contributed by atoms with van der Waals surface area (Å²) in [5, 5.41) is 1.41. The molecule has 0 N–H and O–H groups in total. The number of Topliss-reactive ketones (excluding diaryl/α,β-unsaturated/α-hetero) is 1. The number of hydrogen-bond acceptors (Lipinski definition) is 8. The molecule has 3 aromatic rings. The maximum atomic E-state index is 13.1. The van der Waals surface area contributed by atoms with Crippen LogP contribution in [-0.4, -0.2) is 19.7 Å². The average Bonchev–Trinajstić information content (AvgIpc) is 2.71. The highest BCUT2D eigenvalue weighted by Gasteiger charge is 2.49. The third-order valence-corrected chi connectivity index (χ3v) is 7.65. The van der Waals surface area contributed by atoms with Crippen molar-refractivity contribution in [2.24, 2.45) is 0 Å². The summed E-state index contributed by atoms with van der Waals surface area (Å²) >= 11 is 16.5. The van der Waals surface area contributed by atoms with Crippen molar-refractivity contribution in [2.45, 2.75) is 31.5 Å². The summed E-state index contributed by atoms with van der Waals surface area (Å²) in [5.41, 5.74) is -5.59. The highest BCUT2D eigenvalue weighted by Crippen LogP contribution is 2.44. The molecule has 0 unspecified atom stereocenters. The number of thiol groups is 4. The van der Waals surface area contributed by atoms with Crippen LogP contribution >= 0.6 is 50.5 Å². The molecule has 0 aliphatic rings. The van der Waals surface area contributed by atoms with Gasteiger partial charge < -0.3 is 4.18 Å². The number of fused-ring (bicyclic) bond motifs is 1. The minimum Gasteiger partial charge on any atom is -0.374 e. The van der Waals surface area contributed by atoms with Crippen molar-refractivity contribution in [3.63, 3.8) is 0 Å². The van der Waals surface area contributed by atoms with Gasteiger partial charge in [-0.25, -0.2) is 0 Å².